The minimum Gasteiger partial charge on any atom is -0.477 e. The molecule has 1 fully saturated rings. The van der Waals surface area contributed by atoms with E-state index in [0.717, 1.165) is 25.7 Å². The van der Waals surface area contributed by atoms with Crippen LogP contribution in [0, 0.1) is 0 Å². The van der Waals surface area contributed by atoms with Crippen LogP contribution in [0.15, 0.2) is 18.2 Å². The summed E-state index contributed by atoms with van der Waals surface area (Å²) in [6.07, 6.45) is 3.42. The normalized spacial score (nSPS) is 24.3. The molecule has 1 saturated carbocycles. The number of pyridine rings is 1. The number of hydrogen-bond acceptors (Lipinski definition) is 4. The van der Waals surface area contributed by atoms with Gasteiger partial charge in [0.2, 0.25) is 0 Å². The molecular weight excluding hydrogens is 220 g/mol. The molecule has 1 aliphatic carbocycles. The number of hydrogen-bond donors (Lipinski definition) is 3. The molecule has 2 atom stereocenters. The minimum absolute atomic E-state index is 0.0142. The standard InChI is InChI=1S/C12H16N2O3/c15-10-6-2-1-4-8(10)13-11-7-3-5-9(14-11)12(16)17/h3,5,7-8,10,15H,1-2,4,6H2,(H,13,14)(H,16,17). The lowest BCUT2D eigenvalue weighted by molar-refractivity contribution is 0.0690. The SMILES string of the molecule is O=C(O)c1cccc(NC2CCCCC2O)n1. The van der Waals surface area contributed by atoms with Crippen molar-refractivity contribution < 1.29 is 15.0 Å². The van der Waals surface area contributed by atoms with Gasteiger partial charge in [0.15, 0.2) is 5.69 Å². The molecule has 17 heavy (non-hydrogen) atoms. The second-order valence-electron chi connectivity index (χ2n) is 4.32. The first kappa shape index (κ1) is 11.9. The number of carboxylic acids is 1. The van der Waals surface area contributed by atoms with Crippen LogP contribution in [0.4, 0.5) is 5.82 Å². The minimum atomic E-state index is -1.04. The summed E-state index contributed by atoms with van der Waals surface area (Å²) in [5.41, 5.74) is 0.0142. The van der Waals surface area contributed by atoms with Crippen molar-refractivity contribution >= 4 is 11.8 Å². The molecule has 1 aliphatic rings. The molecule has 5 nitrogen and oxygen atoms in total. The van der Waals surface area contributed by atoms with E-state index < -0.39 is 5.97 Å². The molecule has 0 spiro atoms. The zero-order chi connectivity index (χ0) is 12.3. The number of aliphatic hydroxyl groups excluding tert-OH is 1. The van der Waals surface area contributed by atoms with Gasteiger partial charge < -0.3 is 15.5 Å². The average molecular weight is 236 g/mol. The Morgan fingerprint density at radius 3 is 2.82 bits per heavy atom. The maximum absolute atomic E-state index is 10.8. The van der Waals surface area contributed by atoms with Crippen molar-refractivity contribution in [3.05, 3.63) is 23.9 Å². The smallest absolute Gasteiger partial charge is 0.354 e. The third kappa shape index (κ3) is 2.94. The number of anilines is 1. The van der Waals surface area contributed by atoms with Crippen LogP contribution in [0.1, 0.15) is 36.2 Å². The summed E-state index contributed by atoms with van der Waals surface area (Å²) in [6, 6.07) is 4.78. The number of carboxylic acid groups (broad SMARTS) is 1. The zero-order valence-electron chi connectivity index (χ0n) is 9.47. The highest BCUT2D eigenvalue weighted by Gasteiger charge is 2.23. The van der Waals surface area contributed by atoms with E-state index in [1.807, 2.05) is 0 Å². The largest absolute Gasteiger partial charge is 0.477 e. The molecule has 1 aromatic rings. The fourth-order valence-corrected chi connectivity index (χ4v) is 2.10. The van der Waals surface area contributed by atoms with E-state index in [2.05, 4.69) is 10.3 Å². The van der Waals surface area contributed by atoms with Crippen LogP contribution in [0.25, 0.3) is 0 Å². The molecule has 0 amide bonds. The van der Waals surface area contributed by atoms with Crippen molar-refractivity contribution in [3.8, 4) is 0 Å². The summed E-state index contributed by atoms with van der Waals surface area (Å²) in [7, 11) is 0. The Hall–Kier alpha value is -1.62. The predicted molar refractivity (Wildman–Crippen MR) is 63.1 cm³/mol. The van der Waals surface area contributed by atoms with E-state index in [0.29, 0.717) is 5.82 Å². The second kappa shape index (κ2) is 5.14. The first-order valence-corrected chi connectivity index (χ1v) is 5.82. The van der Waals surface area contributed by atoms with Crippen LogP contribution < -0.4 is 5.32 Å². The van der Waals surface area contributed by atoms with Gasteiger partial charge in [-0.05, 0) is 25.0 Å². The second-order valence-corrected chi connectivity index (χ2v) is 4.32. The molecule has 0 radical (unpaired) electrons. The first-order valence-electron chi connectivity index (χ1n) is 5.82. The molecule has 2 rings (SSSR count). The van der Waals surface area contributed by atoms with E-state index >= 15 is 0 Å². The van der Waals surface area contributed by atoms with E-state index in [4.69, 9.17) is 5.11 Å². The molecule has 1 heterocycles. The molecule has 0 aromatic carbocycles. The van der Waals surface area contributed by atoms with Crippen molar-refractivity contribution in [1.29, 1.82) is 0 Å². The lowest BCUT2D eigenvalue weighted by atomic mass is 9.92. The highest BCUT2D eigenvalue weighted by atomic mass is 16.4. The Bertz CT molecular complexity index is 408. The van der Waals surface area contributed by atoms with Gasteiger partial charge in [0, 0.05) is 0 Å². The Balaban J connectivity index is 2.07. The third-order valence-electron chi connectivity index (χ3n) is 3.03. The Labute approximate surface area is 99.5 Å². The fourth-order valence-electron chi connectivity index (χ4n) is 2.10. The quantitative estimate of drug-likeness (QED) is 0.740. The number of rotatable bonds is 3. The van der Waals surface area contributed by atoms with Gasteiger partial charge in [0.1, 0.15) is 5.82 Å². The van der Waals surface area contributed by atoms with Crippen molar-refractivity contribution in [3.63, 3.8) is 0 Å². The van der Waals surface area contributed by atoms with Gasteiger partial charge in [0.05, 0.1) is 12.1 Å². The van der Waals surface area contributed by atoms with Gasteiger partial charge in [-0.1, -0.05) is 18.9 Å². The average Bonchev–Trinajstić information content (AvgIpc) is 2.32. The summed E-state index contributed by atoms with van der Waals surface area (Å²) in [4.78, 5) is 14.7. The Morgan fingerprint density at radius 1 is 1.35 bits per heavy atom. The topological polar surface area (TPSA) is 82.5 Å². The zero-order valence-corrected chi connectivity index (χ0v) is 9.47. The first-order chi connectivity index (χ1) is 8.16. The fraction of sp³-hybridized carbons (Fsp3) is 0.500. The van der Waals surface area contributed by atoms with Crippen LogP contribution in [-0.2, 0) is 0 Å². The van der Waals surface area contributed by atoms with Crippen LogP contribution in [0.3, 0.4) is 0 Å². The van der Waals surface area contributed by atoms with E-state index in [-0.39, 0.29) is 17.8 Å². The lowest BCUT2D eigenvalue weighted by Gasteiger charge is -2.28. The van der Waals surface area contributed by atoms with Crippen LogP contribution >= 0.6 is 0 Å². The van der Waals surface area contributed by atoms with Crippen LogP contribution in [-0.4, -0.2) is 33.3 Å². The molecule has 0 aliphatic heterocycles. The summed E-state index contributed by atoms with van der Waals surface area (Å²) >= 11 is 0. The van der Waals surface area contributed by atoms with Crippen molar-refractivity contribution in [1.82, 2.24) is 4.98 Å². The molecule has 2 unspecified atom stereocenters. The van der Waals surface area contributed by atoms with Gasteiger partial charge >= 0.3 is 5.97 Å². The molecule has 0 bridgehead atoms. The van der Waals surface area contributed by atoms with Crippen molar-refractivity contribution in [2.45, 2.75) is 37.8 Å². The summed E-state index contributed by atoms with van der Waals surface area (Å²) < 4.78 is 0. The van der Waals surface area contributed by atoms with E-state index in [1.54, 1.807) is 12.1 Å². The number of carbonyl (C=O) groups is 1. The number of aromatic nitrogens is 1. The molecule has 92 valence electrons. The highest BCUT2D eigenvalue weighted by Crippen LogP contribution is 2.21. The predicted octanol–water partition coefficient (Wildman–Crippen LogP) is 1.50. The number of nitrogens with one attached hydrogen (secondary N) is 1. The summed E-state index contributed by atoms with van der Waals surface area (Å²) in [5, 5.41) is 21.7. The lowest BCUT2D eigenvalue weighted by Crippen LogP contribution is -2.36. The highest BCUT2D eigenvalue weighted by molar-refractivity contribution is 5.85. The number of aliphatic hydroxyl groups is 1. The molecule has 5 heteroatoms. The van der Waals surface area contributed by atoms with Crippen LogP contribution in [0.5, 0.6) is 0 Å². The molecule has 1 aromatic heterocycles. The van der Waals surface area contributed by atoms with Crippen molar-refractivity contribution in [2.24, 2.45) is 0 Å². The molecule has 0 saturated heterocycles. The molecular formula is C12H16N2O3. The molecule has 3 N–H and O–H groups in total. The number of aromatic carboxylic acids is 1. The maximum atomic E-state index is 10.8. The maximum Gasteiger partial charge on any atom is 0.354 e. The van der Waals surface area contributed by atoms with Gasteiger partial charge in [-0.25, -0.2) is 9.78 Å². The van der Waals surface area contributed by atoms with Gasteiger partial charge in [-0.2, -0.15) is 0 Å². The van der Waals surface area contributed by atoms with E-state index in [1.165, 1.54) is 6.07 Å². The Morgan fingerprint density at radius 2 is 2.12 bits per heavy atom. The third-order valence-corrected chi connectivity index (χ3v) is 3.03. The van der Waals surface area contributed by atoms with Gasteiger partial charge in [-0.3, -0.25) is 0 Å². The van der Waals surface area contributed by atoms with Gasteiger partial charge in [-0.15, -0.1) is 0 Å². The number of nitrogens with zero attached hydrogens (tertiary/aromatic N) is 1. The summed E-state index contributed by atoms with van der Waals surface area (Å²) in [6.45, 7) is 0. The van der Waals surface area contributed by atoms with Crippen LogP contribution in [0.2, 0.25) is 0 Å². The monoisotopic (exact) mass is 236 g/mol. The summed E-state index contributed by atoms with van der Waals surface area (Å²) in [5.74, 6) is -0.534. The van der Waals surface area contributed by atoms with Crippen molar-refractivity contribution in [2.75, 3.05) is 5.32 Å². The van der Waals surface area contributed by atoms with E-state index in [9.17, 15) is 9.90 Å². The Kier molecular flexibility index (Phi) is 3.58. The van der Waals surface area contributed by atoms with Gasteiger partial charge in [0.25, 0.3) is 0 Å².